The van der Waals surface area contributed by atoms with E-state index in [0.29, 0.717) is 38.7 Å². The summed E-state index contributed by atoms with van der Waals surface area (Å²) in [6, 6.07) is 9.43. The molecule has 0 heterocycles. The molecule has 0 saturated carbocycles. The van der Waals surface area contributed by atoms with Crippen LogP contribution in [0, 0.1) is 5.92 Å². The fraction of sp³-hybridized carbons (Fsp3) is 0.650. The molecule has 0 bridgehead atoms. The van der Waals surface area contributed by atoms with Gasteiger partial charge in [-0.15, -0.1) is 11.6 Å². The Kier molecular flexibility index (Phi) is 13.1. The second kappa shape index (κ2) is 14.8. The Balaban J connectivity index is 2.53. The predicted octanol–water partition coefficient (Wildman–Crippen LogP) is 1.84. The highest BCUT2D eigenvalue weighted by atomic mass is 35.5. The molecular weight excluding hydrogens is 370 g/mol. The van der Waals surface area contributed by atoms with Crippen molar-refractivity contribution >= 4 is 17.5 Å². The van der Waals surface area contributed by atoms with Gasteiger partial charge in [-0.2, -0.15) is 0 Å². The fourth-order valence-electron chi connectivity index (χ4n) is 3.01. The smallest absolute Gasteiger partial charge is 0.240 e. The van der Waals surface area contributed by atoms with Crippen LogP contribution < -0.4 is 5.32 Å². The maximum atomic E-state index is 12.4. The van der Waals surface area contributed by atoms with Gasteiger partial charge in [0.1, 0.15) is 5.38 Å². The molecule has 1 rings (SSSR count). The van der Waals surface area contributed by atoms with Gasteiger partial charge in [0.05, 0.1) is 13.2 Å². The first-order valence-corrected chi connectivity index (χ1v) is 9.94. The summed E-state index contributed by atoms with van der Waals surface area (Å²) in [7, 11) is 0. The molecule has 6 nitrogen and oxygen atoms in total. The number of aliphatic hydroxyl groups is 3. The van der Waals surface area contributed by atoms with Crippen LogP contribution in [0.2, 0.25) is 0 Å². The summed E-state index contributed by atoms with van der Waals surface area (Å²) in [5.41, 5.74) is 1.01. The first-order valence-electron chi connectivity index (χ1n) is 9.51. The van der Waals surface area contributed by atoms with E-state index in [1.54, 1.807) is 0 Å². The van der Waals surface area contributed by atoms with Crippen molar-refractivity contribution in [2.24, 2.45) is 5.92 Å². The zero-order chi connectivity index (χ0) is 19.9. The Morgan fingerprint density at radius 2 is 1.67 bits per heavy atom. The molecule has 0 spiro atoms. The highest BCUT2D eigenvalue weighted by Crippen LogP contribution is 2.20. The molecule has 0 aromatic heterocycles. The number of carbonyl (C=O) groups excluding carboxylic acids is 1. The normalized spacial score (nSPS) is 14.5. The van der Waals surface area contributed by atoms with Gasteiger partial charge in [-0.05, 0) is 43.6 Å². The number of nitrogens with one attached hydrogen (secondary N) is 1. The lowest BCUT2D eigenvalue weighted by molar-refractivity contribution is -0.123. The van der Waals surface area contributed by atoms with Gasteiger partial charge in [-0.25, -0.2) is 0 Å². The van der Waals surface area contributed by atoms with Crippen LogP contribution in [0.25, 0.3) is 0 Å². The van der Waals surface area contributed by atoms with E-state index in [1.165, 1.54) is 0 Å². The topological polar surface area (TPSA) is 99.0 Å². The molecule has 1 aromatic rings. The molecule has 0 radical (unpaired) electrons. The monoisotopic (exact) mass is 401 g/mol. The van der Waals surface area contributed by atoms with Crippen molar-refractivity contribution in [1.82, 2.24) is 5.32 Å². The molecule has 0 aliphatic rings. The maximum Gasteiger partial charge on any atom is 0.240 e. The Morgan fingerprint density at radius 1 is 1.00 bits per heavy atom. The van der Waals surface area contributed by atoms with E-state index in [1.807, 2.05) is 30.3 Å². The van der Waals surface area contributed by atoms with E-state index in [2.05, 4.69) is 5.32 Å². The summed E-state index contributed by atoms with van der Waals surface area (Å²) in [6.45, 7) is 0.577. The summed E-state index contributed by atoms with van der Waals surface area (Å²) >= 11 is 6.19. The minimum Gasteiger partial charge on any atom is -0.396 e. The minimum absolute atomic E-state index is 0.00603. The highest BCUT2D eigenvalue weighted by Gasteiger charge is 2.25. The third-order valence-electron chi connectivity index (χ3n) is 4.46. The Morgan fingerprint density at radius 3 is 2.30 bits per heavy atom. The quantitative estimate of drug-likeness (QED) is 0.336. The standard InChI is InChI=1S/C20H32ClNO5/c21-18(15-27-14-16-6-2-1-3-7-16)20(26)22-19(9-5-12-24)17(10-13-25)8-4-11-23/h1-3,6-7,17-19,23-25H,4-5,8-15H2,(H,22,26). The summed E-state index contributed by atoms with van der Waals surface area (Å²) in [5.74, 6) is -0.300. The fourth-order valence-corrected chi connectivity index (χ4v) is 3.16. The number of alkyl halides is 1. The number of ether oxygens (including phenoxy) is 1. The van der Waals surface area contributed by atoms with Crippen LogP contribution in [0.5, 0.6) is 0 Å². The number of hydrogen-bond acceptors (Lipinski definition) is 5. The number of amides is 1. The molecule has 1 amide bonds. The Hall–Kier alpha value is -1.18. The number of hydrogen-bond donors (Lipinski definition) is 4. The molecule has 27 heavy (non-hydrogen) atoms. The number of benzene rings is 1. The number of halogens is 1. The van der Waals surface area contributed by atoms with Crippen LogP contribution in [0.15, 0.2) is 30.3 Å². The second-order valence-electron chi connectivity index (χ2n) is 6.59. The highest BCUT2D eigenvalue weighted by molar-refractivity contribution is 6.30. The van der Waals surface area contributed by atoms with Gasteiger partial charge in [-0.1, -0.05) is 30.3 Å². The average Bonchev–Trinajstić information content (AvgIpc) is 2.69. The van der Waals surface area contributed by atoms with Crippen molar-refractivity contribution in [3.63, 3.8) is 0 Å². The molecule has 0 aliphatic heterocycles. The molecule has 7 heteroatoms. The van der Waals surface area contributed by atoms with Gasteiger partial charge in [0.2, 0.25) is 5.91 Å². The Bertz CT molecular complexity index is 502. The van der Waals surface area contributed by atoms with E-state index in [-0.39, 0.29) is 44.3 Å². The predicted molar refractivity (Wildman–Crippen MR) is 106 cm³/mol. The van der Waals surface area contributed by atoms with Crippen LogP contribution in [0.4, 0.5) is 0 Å². The molecular formula is C20H32ClNO5. The van der Waals surface area contributed by atoms with Crippen molar-refractivity contribution in [2.75, 3.05) is 26.4 Å². The molecule has 3 atom stereocenters. The van der Waals surface area contributed by atoms with Crippen molar-refractivity contribution in [1.29, 1.82) is 0 Å². The van der Waals surface area contributed by atoms with Gasteiger partial charge in [0.15, 0.2) is 0 Å². The van der Waals surface area contributed by atoms with E-state index in [9.17, 15) is 9.90 Å². The summed E-state index contributed by atoms with van der Waals surface area (Å²) < 4.78 is 5.53. The summed E-state index contributed by atoms with van der Waals surface area (Å²) in [4.78, 5) is 12.4. The maximum absolute atomic E-state index is 12.4. The van der Waals surface area contributed by atoms with Crippen LogP contribution >= 0.6 is 11.6 Å². The van der Waals surface area contributed by atoms with Crippen LogP contribution in [-0.4, -0.2) is 59.1 Å². The van der Waals surface area contributed by atoms with Crippen molar-refractivity contribution in [3.8, 4) is 0 Å². The van der Waals surface area contributed by atoms with Crippen molar-refractivity contribution in [3.05, 3.63) is 35.9 Å². The van der Waals surface area contributed by atoms with Crippen LogP contribution in [-0.2, 0) is 16.1 Å². The molecule has 0 fully saturated rings. The first-order chi connectivity index (χ1) is 13.1. The van der Waals surface area contributed by atoms with Gasteiger partial charge in [-0.3, -0.25) is 4.79 Å². The van der Waals surface area contributed by atoms with Gasteiger partial charge >= 0.3 is 0 Å². The first kappa shape index (κ1) is 23.9. The van der Waals surface area contributed by atoms with Crippen LogP contribution in [0.3, 0.4) is 0 Å². The molecule has 4 N–H and O–H groups in total. The summed E-state index contributed by atoms with van der Waals surface area (Å²) in [6.07, 6.45) is 2.94. The lowest BCUT2D eigenvalue weighted by Crippen LogP contribution is -2.45. The lowest BCUT2D eigenvalue weighted by atomic mass is 9.88. The van der Waals surface area contributed by atoms with E-state index >= 15 is 0 Å². The minimum atomic E-state index is -0.821. The van der Waals surface area contributed by atoms with E-state index < -0.39 is 5.38 Å². The zero-order valence-electron chi connectivity index (χ0n) is 15.7. The van der Waals surface area contributed by atoms with E-state index in [0.717, 1.165) is 5.56 Å². The van der Waals surface area contributed by atoms with E-state index in [4.69, 9.17) is 26.6 Å². The third kappa shape index (κ3) is 10.1. The SMILES string of the molecule is O=C(NC(CCCO)C(CCO)CCCO)C(Cl)COCc1ccccc1. The molecule has 0 aliphatic carbocycles. The number of aliphatic hydroxyl groups excluding tert-OH is 3. The third-order valence-corrected chi connectivity index (χ3v) is 4.79. The van der Waals surface area contributed by atoms with Gasteiger partial charge in [0, 0.05) is 25.9 Å². The molecule has 0 saturated heterocycles. The summed E-state index contributed by atoms with van der Waals surface area (Å²) in [5, 5.41) is 29.6. The van der Waals surface area contributed by atoms with Crippen molar-refractivity contribution < 1.29 is 24.9 Å². The van der Waals surface area contributed by atoms with Gasteiger partial charge in [0.25, 0.3) is 0 Å². The van der Waals surface area contributed by atoms with Crippen LogP contribution in [0.1, 0.15) is 37.7 Å². The number of rotatable bonds is 15. The lowest BCUT2D eigenvalue weighted by Gasteiger charge is -2.28. The van der Waals surface area contributed by atoms with Crippen molar-refractivity contribution in [2.45, 2.75) is 50.1 Å². The number of carbonyl (C=O) groups is 1. The average molecular weight is 402 g/mol. The zero-order valence-corrected chi connectivity index (χ0v) is 16.5. The van der Waals surface area contributed by atoms with Gasteiger partial charge < -0.3 is 25.4 Å². The molecule has 1 aromatic carbocycles. The molecule has 3 unspecified atom stereocenters. The second-order valence-corrected chi connectivity index (χ2v) is 7.11. The molecule has 154 valence electrons. The Labute approximate surface area is 166 Å². The largest absolute Gasteiger partial charge is 0.396 e.